The first kappa shape index (κ1) is 19.4. The van der Waals surface area contributed by atoms with E-state index in [1.165, 1.54) is 23.1 Å². The predicted molar refractivity (Wildman–Crippen MR) is 98.3 cm³/mol. The van der Waals surface area contributed by atoms with Crippen LogP contribution in [0.2, 0.25) is 5.02 Å². The highest BCUT2D eigenvalue weighted by atomic mass is 35.5. The van der Waals surface area contributed by atoms with Crippen molar-refractivity contribution in [3.8, 4) is 0 Å². The number of halogens is 2. The van der Waals surface area contributed by atoms with Gasteiger partial charge in [-0.25, -0.2) is 0 Å². The van der Waals surface area contributed by atoms with Gasteiger partial charge in [0.05, 0.1) is 11.1 Å². The minimum absolute atomic E-state index is 0. The third kappa shape index (κ3) is 4.81. The topological polar surface area (TPSA) is 90.1 Å². The molecule has 0 radical (unpaired) electrons. The van der Waals surface area contributed by atoms with Crippen LogP contribution in [0.5, 0.6) is 0 Å². The average molecular weight is 407 g/mol. The molecule has 2 aromatic rings. The Kier molecular flexibility index (Phi) is 7.27. The fraction of sp³-hybridized carbons (Fsp3) is 0.357. The lowest BCUT2D eigenvalue weighted by Crippen LogP contribution is -2.29. The minimum atomic E-state index is -0.447. The molecular formula is C14H16Cl2N4O2S2. The van der Waals surface area contributed by atoms with Crippen LogP contribution in [0.15, 0.2) is 32.9 Å². The van der Waals surface area contributed by atoms with Crippen LogP contribution in [0.4, 0.5) is 5.69 Å². The van der Waals surface area contributed by atoms with Crippen molar-refractivity contribution in [3.63, 3.8) is 0 Å². The number of anilines is 1. The van der Waals surface area contributed by atoms with Crippen molar-refractivity contribution in [1.82, 2.24) is 10.2 Å². The van der Waals surface area contributed by atoms with Gasteiger partial charge in [-0.2, -0.15) is 0 Å². The van der Waals surface area contributed by atoms with Gasteiger partial charge in [0.2, 0.25) is 0 Å². The quantitative estimate of drug-likeness (QED) is 0.791. The molecule has 2 heterocycles. The monoisotopic (exact) mass is 406 g/mol. The van der Waals surface area contributed by atoms with E-state index >= 15 is 0 Å². The van der Waals surface area contributed by atoms with Gasteiger partial charge in [-0.1, -0.05) is 34.7 Å². The second kappa shape index (κ2) is 8.98. The number of ether oxygens (including phenoxy) is 1. The number of nitrogens with two attached hydrogens (primary N) is 1. The number of hydrogen-bond donors (Lipinski definition) is 2. The van der Waals surface area contributed by atoms with E-state index in [1.807, 2.05) is 12.1 Å². The summed E-state index contributed by atoms with van der Waals surface area (Å²) < 4.78 is 6.40. The maximum absolute atomic E-state index is 12.2. The maximum atomic E-state index is 12.2. The highest BCUT2D eigenvalue weighted by Gasteiger charge is 2.29. The third-order valence-electron chi connectivity index (χ3n) is 3.40. The number of carbonyl (C=O) groups excluding carboxylic acids is 1. The molecule has 1 aromatic heterocycles. The van der Waals surface area contributed by atoms with Gasteiger partial charge < -0.3 is 15.8 Å². The molecule has 1 amide bonds. The van der Waals surface area contributed by atoms with Crippen molar-refractivity contribution in [1.29, 1.82) is 0 Å². The Morgan fingerprint density at radius 3 is 2.96 bits per heavy atom. The number of rotatable bonds is 5. The van der Waals surface area contributed by atoms with Gasteiger partial charge in [-0.05, 0) is 31.0 Å². The number of carbonyl (C=O) groups is 1. The lowest BCUT2D eigenvalue weighted by molar-refractivity contribution is -0.126. The lowest BCUT2D eigenvalue weighted by atomic mass is 10.2. The molecule has 1 aliphatic rings. The van der Waals surface area contributed by atoms with E-state index in [0.29, 0.717) is 23.7 Å². The number of amides is 1. The molecule has 0 spiro atoms. The Morgan fingerprint density at radius 1 is 1.50 bits per heavy atom. The van der Waals surface area contributed by atoms with Crippen LogP contribution < -0.4 is 11.1 Å². The van der Waals surface area contributed by atoms with E-state index in [2.05, 4.69) is 15.5 Å². The standard InChI is InChI=1S/C14H15ClN4O2S2.ClH/c15-10-5-8(1-4-12(10)23-14-19-17-7-22-14)18-13(20)11-3-2-9(6-16)21-11;/h1,4-5,7,9,11H,2-3,6,16H2,(H,18,20);1H/t9-,11+;/m1./s1. The fourth-order valence-electron chi connectivity index (χ4n) is 2.26. The third-order valence-corrected chi connectivity index (χ3v) is 5.68. The van der Waals surface area contributed by atoms with Gasteiger partial charge in [0.15, 0.2) is 4.34 Å². The summed E-state index contributed by atoms with van der Waals surface area (Å²) in [6, 6.07) is 5.38. The van der Waals surface area contributed by atoms with Gasteiger partial charge in [0, 0.05) is 17.1 Å². The van der Waals surface area contributed by atoms with Crippen LogP contribution in [0.3, 0.4) is 0 Å². The maximum Gasteiger partial charge on any atom is 0.253 e. The van der Waals surface area contributed by atoms with Crippen LogP contribution in [-0.4, -0.2) is 34.9 Å². The summed E-state index contributed by atoms with van der Waals surface area (Å²) in [6.07, 6.45) is 1.02. The van der Waals surface area contributed by atoms with E-state index in [1.54, 1.807) is 11.6 Å². The molecule has 1 aliphatic heterocycles. The average Bonchev–Trinajstić information content (AvgIpc) is 3.21. The molecule has 2 atom stereocenters. The van der Waals surface area contributed by atoms with Crippen LogP contribution >= 0.6 is 47.1 Å². The molecule has 0 bridgehead atoms. The van der Waals surface area contributed by atoms with Crippen molar-refractivity contribution >= 4 is 58.7 Å². The van der Waals surface area contributed by atoms with E-state index in [-0.39, 0.29) is 24.4 Å². The molecule has 1 aromatic carbocycles. The second-order valence-corrected chi connectivity index (χ2v) is 7.53. The first-order valence-corrected chi connectivity index (χ1v) is 9.13. The van der Waals surface area contributed by atoms with E-state index < -0.39 is 6.10 Å². The number of nitrogens with zero attached hydrogens (tertiary/aromatic N) is 2. The molecule has 3 rings (SSSR count). The van der Waals surface area contributed by atoms with Gasteiger partial charge in [-0.15, -0.1) is 22.6 Å². The van der Waals surface area contributed by atoms with Gasteiger partial charge in [-0.3, -0.25) is 4.79 Å². The highest BCUT2D eigenvalue weighted by Crippen LogP contribution is 2.35. The van der Waals surface area contributed by atoms with Gasteiger partial charge in [0.1, 0.15) is 11.6 Å². The van der Waals surface area contributed by atoms with Crippen molar-refractivity contribution in [2.45, 2.75) is 34.3 Å². The predicted octanol–water partition coefficient (Wildman–Crippen LogP) is 3.21. The number of benzene rings is 1. The van der Waals surface area contributed by atoms with E-state index in [0.717, 1.165) is 15.7 Å². The Hall–Kier alpha value is -0.900. The van der Waals surface area contributed by atoms with Crippen LogP contribution in [0.25, 0.3) is 0 Å². The second-order valence-electron chi connectivity index (χ2n) is 5.00. The van der Waals surface area contributed by atoms with E-state index in [4.69, 9.17) is 22.1 Å². The smallest absolute Gasteiger partial charge is 0.253 e. The van der Waals surface area contributed by atoms with Gasteiger partial charge >= 0.3 is 0 Å². The SMILES string of the molecule is Cl.NC[C@H]1CC[C@@H](C(=O)Nc2ccc(Sc3nncs3)c(Cl)c2)O1. The first-order chi connectivity index (χ1) is 11.2. The highest BCUT2D eigenvalue weighted by molar-refractivity contribution is 8.01. The Morgan fingerprint density at radius 2 is 2.33 bits per heavy atom. The van der Waals surface area contributed by atoms with Crippen molar-refractivity contribution < 1.29 is 9.53 Å². The molecule has 130 valence electrons. The normalized spacial score (nSPS) is 19.8. The first-order valence-electron chi connectivity index (χ1n) is 7.05. The fourth-order valence-corrected chi connectivity index (χ4v) is 3.99. The molecule has 0 aliphatic carbocycles. The largest absolute Gasteiger partial charge is 0.364 e. The summed E-state index contributed by atoms with van der Waals surface area (Å²) in [5, 5.41) is 11.1. The Balaban J connectivity index is 0.00000208. The summed E-state index contributed by atoms with van der Waals surface area (Å²) in [5.74, 6) is -0.165. The zero-order valence-corrected chi connectivity index (χ0v) is 15.7. The Labute approximate surface area is 158 Å². The Bertz CT molecular complexity index is 687. The lowest BCUT2D eigenvalue weighted by Gasteiger charge is -2.13. The number of nitrogens with one attached hydrogen (secondary N) is 1. The molecule has 0 unspecified atom stereocenters. The zero-order valence-electron chi connectivity index (χ0n) is 12.5. The van der Waals surface area contributed by atoms with Gasteiger partial charge in [0.25, 0.3) is 5.91 Å². The molecular weight excluding hydrogens is 391 g/mol. The molecule has 0 saturated carbocycles. The van der Waals surface area contributed by atoms with Crippen molar-refractivity contribution in [2.75, 3.05) is 11.9 Å². The van der Waals surface area contributed by atoms with Crippen LogP contribution in [0.1, 0.15) is 12.8 Å². The summed E-state index contributed by atoms with van der Waals surface area (Å²) in [5.41, 5.74) is 7.86. The van der Waals surface area contributed by atoms with E-state index in [9.17, 15) is 4.79 Å². The summed E-state index contributed by atoms with van der Waals surface area (Å²) in [6.45, 7) is 0.438. The summed E-state index contributed by atoms with van der Waals surface area (Å²) in [7, 11) is 0. The minimum Gasteiger partial charge on any atom is -0.364 e. The number of aromatic nitrogens is 2. The molecule has 24 heavy (non-hydrogen) atoms. The van der Waals surface area contributed by atoms with Crippen LogP contribution in [0, 0.1) is 0 Å². The van der Waals surface area contributed by atoms with Crippen molar-refractivity contribution in [2.24, 2.45) is 5.73 Å². The summed E-state index contributed by atoms with van der Waals surface area (Å²) in [4.78, 5) is 13.0. The number of hydrogen-bond acceptors (Lipinski definition) is 7. The summed E-state index contributed by atoms with van der Waals surface area (Å²) >= 11 is 9.16. The molecule has 1 fully saturated rings. The molecule has 1 saturated heterocycles. The molecule has 3 N–H and O–H groups in total. The van der Waals surface area contributed by atoms with Crippen molar-refractivity contribution in [3.05, 3.63) is 28.7 Å². The zero-order chi connectivity index (χ0) is 16.2. The van der Waals surface area contributed by atoms with Crippen LogP contribution in [-0.2, 0) is 9.53 Å². The molecule has 6 nitrogen and oxygen atoms in total. The molecule has 10 heteroatoms.